The first-order valence-electron chi connectivity index (χ1n) is 8.23. The summed E-state index contributed by atoms with van der Waals surface area (Å²) in [5.41, 5.74) is 0.408. The molecule has 0 aromatic heterocycles. The molecule has 2 aliphatic rings. The Bertz CT molecular complexity index is 759. The number of hydrogen-bond acceptors (Lipinski definition) is 5. The van der Waals surface area contributed by atoms with Gasteiger partial charge in [0.15, 0.2) is 0 Å². The van der Waals surface area contributed by atoms with Crippen LogP contribution >= 0.6 is 0 Å². The number of sulfonamides is 1. The lowest BCUT2D eigenvalue weighted by Gasteiger charge is -2.26. The molecule has 0 spiro atoms. The summed E-state index contributed by atoms with van der Waals surface area (Å²) in [4.78, 5) is 23.6. The van der Waals surface area contributed by atoms with Crippen molar-refractivity contribution in [2.75, 3.05) is 31.6 Å². The van der Waals surface area contributed by atoms with Crippen molar-refractivity contribution >= 4 is 27.5 Å². The Hall–Kier alpha value is -1.97. The lowest BCUT2D eigenvalue weighted by Crippen LogP contribution is -2.49. The van der Waals surface area contributed by atoms with Crippen LogP contribution in [0.4, 0.5) is 5.69 Å². The van der Waals surface area contributed by atoms with Crippen molar-refractivity contribution in [3.05, 3.63) is 24.3 Å². The van der Waals surface area contributed by atoms with Crippen molar-refractivity contribution in [2.24, 2.45) is 0 Å². The molecule has 0 radical (unpaired) electrons. The molecule has 2 heterocycles. The van der Waals surface area contributed by atoms with Gasteiger partial charge in [-0.25, -0.2) is 8.42 Å². The van der Waals surface area contributed by atoms with E-state index in [4.69, 9.17) is 4.74 Å². The summed E-state index contributed by atoms with van der Waals surface area (Å²) in [6, 6.07) is 6.07. The molecule has 2 fully saturated rings. The van der Waals surface area contributed by atoms with Gasteiger partial charge in [-0.15, -0.1) is 0 Å². The lowest BCUT2D eigenvalue weighted by molar-refractivity contribution is -0.122. The fraction of sp³-hybridized carbons (Fsp3) is 0.500. The van der Waals surface area contributed by atoms with E-state index in [2.05, 4.69) is 10.6 Å². The second-order valence-electron chi connectivity index (χ2n) is 6.10. The summed E-state index contributed by atoms with van der Waals surface area (Å²) in [7, 11) is -3.78. The maximum Gasteiger partial charge on any atom is 0.243 e. The van der Waals surface area contributed by atoms with E-state index in [-0.39, 0.29) is 48.9 Å². The average molecular weight is 367 g/mol. The van der Waals surface area contributed by atoms with E-state index in [1.807, 2.05) is 0 Å². The second kappa shape index (κ2) is 7.51. The third-order valence-corrected chi connectivity index (χ3v) is 6.04. The Balaban J connectivity index is 1.69. The number of benzene rings is 1. The zero-order chi connectivity index (χ0) is 17.9. The van der Waals surface area contributed by atoms with Gasteiger partial charge in [0.05, 0.1) is 24.0 Å². The summed E-state index contributed by atoms with van der Waals surface area (Å²) in [6.45, 7) is 0.993. The SMILES string of the molecule is O=C1CN(S(=O)(=O)c2cccc(NC(=O)CC3CCCO3)c2)CCN1. The highest BCUT2D eigenvalue weighted by Gasteiger charge is 2.29. The van der Waals surface area contributed by atoms with Gasteiger partial charge in [-0.1, -0.05) is 6.07 Å². The first-order chi connectivity index (χ1) is 11.9. The largest absolute Gasteiger partial charge is 0.378 e. The quantitative estimate of drug-likeness (QED) is 0.780. The molecule has 8 nitrogen and oxygen atoms in total. The van der Waals surface area contributed by atoms with Gasteiger partial charge in [0.1, 0.15) is 0 Å². The van der Waals surface area contributed by atoms with Crippen molar-refractivity contribution < 1.29 is 22.7 Å². The molecule has 1 unspecified atom stereocenters. The van der Waals surface area contributed by atoms with Gasteiger partial charge in [-0.3, -0.25) is 9.59 Å². The molecule has 0 saturated carbocycles. The number of ether oxygens (including phenoxy) is 1. The molecule has 136 valence electrons. The highest BCUT2D eigenvalue weighted by molar-refractivity contribution is 7.89. The summed E-state index contributed by atoms with van der Waals surface area (Å²) in [5, 5.41) is 5.31. The highest BCUT2D eigenvalue weighted by Crippen LogP contribution is 2.21. The second-order valence-corrected chi connectivity index (χ2v) is 8.04. The fourth-order valence-electron chi connectivity index (χ4n) is 2.93. The summed E-state index contributed by atoms with van der Waals surface area (Å²) in [6.07, 6.45) is 2.00. The number of carbonyl (C=O) groups excluding carboxylic acids is 2. The van der Waals surface area contributed by atoms with Crippen molar-refractivity contribution in [1.82, 2.24) is 9.62 Å². The van der Waals surface area contributed by atoms with Crippen LogP contribution in [0.2, 0.25) is 0 Å². The van der Waals surface area contributed by atoms with Gasteiger partial charge in [-0.2, -0.15) is 4.31 Å². The molecule has 2 saturated heterocycles. The van der Waals surface area contributed by atoms with Crippen LogP contribution in [-0.2, 0) is 24.3 Å². The Morgan fingerprint density at radius 2 is 2.24 bits per heavy atom. The molecule has 0 aliphatic carbocycles. The van der Waals surface area contributed by atoms with Gasteiger partial charge in [0.2, 0.25) is 21.8 Å². The Morgan fingerprint density at radius 1 is 1.40 bits per heavy atom. The number of nitrogens with zero attached hydrogens (tertiary/aromatic N) is 1. The molecule has 3 rings (SSSR count). The van der Waals surface area contributed by atoms with Crippen molar-refractivity contribution in [1.29, 1.82) is 0 Å². The van der Waals surface area contributed by atoms with Crippen molar-refractivity contribution in [3.63, 3.8) is 0 Å². The highest BCUT2D eigenvalue weighted by atomic mass is 32.2. The predicted molar refractivity (Wildman–Crippen MR) is 90.4 cm³/mol. The number of rotatable bonds is 5. The number of hydrogen-bond donors (Lipinski definition) is 2. The molecule has 25 heavy (non-hydrogen) atoms. The van der Waals surface area contributed by atoms with Crippen LogP contribution in [0, 0.1) is 0 Å². The van der Waals surface area contributed by atoms with E-state index in [0.29, 0.717) is 12.3 Å². The zero-order valence-corrected chi connectivity index (χ0v) is 14.5. The Morgan fingerprint density at radius 3 is 2.96 bits per heavy atom. The third-order valence-electron chi connectivity index (χ3n) is 4.20. The minimum Gasteiger partial charge on any atom is -0.378 e. The molecule has 1 aromatic carbocycles. The van der Waals surface area contributed by atoms with Gasteiger partial charge in [0, 0.05) is 25.4 Å². The Labute approximate surface area is 146 Å². The van der Waals surface area contributed by atoms with Gasteiger partial charge in [0.25, 0.3) is 0 Å². The first-order valence-corrected chi connectivity index (χ1v) is 9.67. The average Bonchev–Trinajstić information content (AvgIpc) is 3.08. The molecule has 1 aromatic rings. The smallest absolute Gasteiger partial charge is 0.243 e. The first kappa shape index (κ1) is 17.8. The number of piperazine rings is 1. The minimum atomic E-state index is -3.78. The third kappa shape index (κ3) is 4.36. The summed E-state index contributed by atoms with van der Waals surface area (Å²) in [5.74, 6) is -0.533. The normalized spacial score (nSPS) is 21.8. The van der Waals surface area contributed by atoms with Gasteiger partial charge >= 0.3 is 0 Å². The van der Waals surface area contributed by atoms with E-state index in [1.165, 1.54) is 12.1 Å². The van der Waals surface area contributed by atoms with E-state index >= 15 is 0 Å². The van der Waals surface area contributed by atoms with Crippen LogP contribution in [0.1, 0.15) is 19.3 Å². The number of anilines is 1. The van der Waals surface area contributed by atoms with E-state index in [9.17, 15) is 18.0 Å². The molecule has 2 N–H and O–H groups in total. The van der Waals surface area contributed by atoms with E-state index < -0.39 is 10.0 Å². The summed E-state index contributed by atoms with van der Waals surface area (Å²) >= 11 is 0. The number of carbonyl (C=O) groups is 2. The van der Waals surface area contributed by atoms with Crippen LogP contribution in [0.15, 0.2) is 29.2 Å². The van der Waals surface area contributed by atoms with Crippen LogP contribution in [0.5, 0.6) is 0 Å². The van der Waals surface area contributed by atoms with Crippen LogP contribution < -0.4 is 10.6 Å². The standard InChI is InChI=1S/C16H21N3O5S/c20-15(10-13-4-2-8-24-13)18-12-3-1-5-14(9-12)25(22,23)19-7-6-17-16(21)11-19/h1,3,5,9,13H,2,4,6-8,10-11H2,(H,17,21)(H,18,20). The molecule has 0 bridgehead atoms. The van der Waals surface area contributed by atoms with Crippen molar-refractivity contribution in [2.45, 2.75) is 30.3 Å². The van der Waals surface area contributed by atoms with Crippen LogP contribution in [-0.4, -0.2) is 56.9 Å². The predicted octanol–water partition coefficient (Wildman–Crippen LogP) is 0.315. The van der Waals surface area contributed by atoms with Gasteiger partial charge in [-0.05, 0) is 31.0 Å². The van der Waals surface area contributed by atoms with Crippen molar-refractivity contribution in [3.8, 4) is 0 Å². The van der Waals surface area contributed by atoms with E-state index in [0.717, 1.165) is 17.1 Å². The minimum absolute atomic E-state index is 0.0529. The molecule has 9 heteroatoms. The monoisotopic (exact) mass is 367 g/mol. The lowest BCUT2D eigenvalue weighted by atomic mass is 10.2. The molecule has 2 amide bonds. The fourth-order valence-corrected chi connectivity index (χ4v) is 4.37. The molecule has 2 aliphatic heterocycles. The Kier molecular flexibility index (Phi) is 5.36. The van der Waals surface area contributed by atoms with E-state index in [1.54, 1.807) is 12.1 Å². The van der Waals surface area contributed by atoms with Crippen LogP contribution in [0.25, 0.3) is 0 Å². The van der Waals surface area contributed by atoms with Crippen LogP contribution in [0.3, 0.4) is 0 Å². The summed E-state index contributed by atoms with van der Waals surface area (Å²) < 4.78 is 31.9. The maximum atomic E-state index is 12.7. The molecule has 1 atom stereocenters. The maximum absolute atomic E-state index is 12.7. The topological polar surface area (TPSA) is 105 Å². The number of amides is 2. The van der Waals surface area contributed by atoms with Gasteiger partial charge < -0.3 is 15.4 Å². The molecular formula is C16H21N3O5S. The molecular weight excluding hydrogens is 346 g/mol. The zero-order valence-electron chi connectivity index (χ0n) is 13.7. The number of nitrogens with one attached hydrogen (secondary N) is 2.